The van der Waals surface area contributed by atoms with Gasteiger partial charge in [0.15, 0.2) is 5.82 Å². The normalized spacial score (nSPS) is 11.2. The summed E-state index contributed by atoms with van der Waals surface area (Å²) < 4.78 is 2.69. The molecule has 0 atom stereocenters. The van der Waals surface area contributed by atoms with Crippen LogP contribution in [0.4, 0.5) is 0 Å². The van der Waals surface area contributed by atoms with Crippen LogP contribution in [0, 0.1) is 6.92 Å². The molecule has 17 heavy (non-hydrogen) atoms. The SMILES string of the molecule is Cc1nc2nc(-c3ccc(Cl)cc3)[nH]n2c1Br. The molecular formula is C11H8BrClN4. The summed E-state index contributed by atoms with van der Waals surface area (Å²) in [5, 5.41) is 3.88. The van der Waals surface area contributed by atoms with Crippen LogP contribution in [0.2, 0.25) is 5.02 Å². The molecule has 2 heterocycles. The van der Waals surface area contributed by atoms with Crippen molar-refractivity contribution >= 4 is 33.3 Å². The molecule has 1 N–H and O–H groups in total. The van der Waals surface area contributed by atoms with E-state index >= 15 is 0 Å². The van der Waals surface area contributed by atoms with Crippen LogP contribution in [-0.4, -0.2) is 19.6 Å². The average Bonchev–Trinajstić information content (AvgIpc) is 2.82. The van der Waals surface area contributed by atoms with E-state index in [0.29, 0.717) is 10.8 Å². The molecule has 0 spiro atoms. The van der Waals surface area contributed by atoms with Crippen molar-refractivity contribution < 1.29 is 0 Å². The number of aryl methyl sites for hydroxylation is 1. The molecule has 0 bridgehead atoms. The van der Waals surface area contributed by atoms with Crippen molar-refractivity contribution in [2.45, 2.75) is 6.92 Å². The number of H-pyrrole nitrogens is 1. The van der Waals surface area contributed by atoms with Crippen molar-refractivity contribution in [2.75, 3.05) is 0 Å². The van der Waals surface area contributed by atoms with Gasteiger partial charge in [0.2, 0.25) is 0 Å². The van der Waals surface area contributed by atoms with Gasteiger partial charge in [-0.25, -0.2) is 9.50 Å². The van der Waals surface area contributed by atoms with Crippen LogP contribution in [0.3, 0.4) is 0 Å². The molecule has 6 heteroatoms. The van der Waals surface area contributed by atoms with Gasteiger partial charge >= 0.3 is 0 Å². The molecule has 0 amide bonds. The Balaban J connectivity index is 2.15. The first kappa shape index (κ1) is 10.8. The number of aromatic amines is 1. The van der Waals surface area contributed by atoms with Crippen molar-refractivity contribution in [1.29, 1.82) is 0 Å². The van der Waals surface area contributed by atoms with Gasteiger partial charge in [-0.3, -0.25) is 5.10 Å². The minimum atomic E-state index is 0.652. The predicted molar refractivity (Wildman–Crippen MR) is 70.2 cm³/mol. The fourth-order valence-corrected chi connectivity index (χ4v) is 2.10. The zero-order valence-electron chi connectivity index (χ0n) is 8.91. The Kier molecular flexibility index (Phi) is 2.45. The average molecular weight is 312 g/mol. The molecule has 3 aromatic rings. The maximum absolute atomic E-state index is 5.85. The molecule has 0 saturated carbocycles. The largest absolute Gasteiger partial charge is 0.273 e. The summed E-state index contributed by atoms with van der Waals surface area (Å²) in [5.74, 6) is 1.42. The lowest BCUT2D eigenvalue weighted by molar-refractivity contribution is 0.950. The number of hydrogen-bond acceptors (Lipinski definition) is 2. The van der Waals surface area contributed by atoms with Crippen LogP contribution in [0.25, 0.3) is 17.2 Å². The Hall–Kier alpha value is -1.33. The van der Waals surface area contributed by atoms with Crippen LogP contribution in [0.15, 0.2) is 28.9 Å². The van der Waals surface area contributed by atoms with E-state index in [1.807, 2.05) is 31.2 Å². The highest BCUT2D eigenvalue weighted by Gasteiger charge is 2.11. The Morgan fingerprint density at radius 2 is 1.94 bits per heavy atom. The molecule has 0 aliphatic carbocycles. The number of aromatic nitrogens is 4. The monoisotopic (exact) mass is 310 g/mol. The molecule has 86 valence electrons. The van der Waals surface area contributed by atoms with E-state index in [1.54, 1.807) is 4.52 Å². The first-order chi connectivity index (χ1) is 8.15. The standard InChI is InChI=1S/C11H8BrClN4/c1-6-9(12)17-11(14-6)15-10(16-17)7-2-4-8(13)5-3-7/h2-5H,1H3,(H,14,15,16). The van der Waals surface area contributed by atoms with Gasteiger partial charge in [0, 0.05) is 10.6 Å². The van der Waals surface area contributed by atoms with E-state index < -0.39 is 0 Å². The van der Waals surface area contributed by atoms with Crippen molar-refractivity contribution in [1.82, 2.24) is 19.6 Å². The zero-order valence-corrected chi connectivity index (χ0v) is 11.2. The second-order valence-corrected chi connectivity index (χ2v) is 4.89. The van der Waals surface area contributed by atoms with Gasteiger partial charge < -0.3 is 0 Å². The summed E-state index contributed by atoms with van der Waals surface area (Å²) in [6.45, 7) is 1.93. The first-order valence-electron chi connectivity index (χ1n) is 5.01. The second kappa shape index (κ2) is 3.85. The van der Waals surface area contributed by atoms with Gasteiger partial charge in [0.05, 0.1) is 5.69 Å². The quantitative estimate of drug-likeness (QED) is 0.748. The number of imidazole rings is 1. The van der Waals surface area contributed by atoms with E-state index in [2.05, 4.69) is 31.0 Å². The fourth-order valence-electron chi connectivity index (χ4n) is 1.64. The third kappa shape index (κ3) is 1.75. The highest BCUT2D eigenvalue weighted by atomic mass is 79.9. The molecule has 1 aromatic carbocycles. The smallest absolute Gasteiger partial charge is 0.252 e. The van der Waals surface area contributed by atoms with Crippen molar-refractivity contribution in [3.8, 4) is 11.4 Å². The molecule has 2 aromatic heterocycles. The van der Waals surface area contributed by atoms with Crippen molar-refractivity contribution in [2.24, 2.45) is 0 Å². The predicted octanol–water partition coefficient (Wildman–Crippen LogP) is 3.45. The lowest BCUT2D eigenvalue weighted by Gasteiger charge is -1.96. The third-order valence-electron chi connectivity index (χ3n) is 2.51. The van der Waals surface area contributed by atoms with E-state index in [4.69, 9.17) is 11.6 Å². The van der Waals surface area contributed by atoms with Crippen molar-refractivity contribution in [3.63, 3.8) is 0 Å². The summed E-state index contributed by atoms with van der Waals surface area (Å²) >= 11 is 9.30. The fraction of sp³-hybridized carbons (Fsp3) is 0.0909. The molecule has 3 rings (SSSR count). The lowest BCUT2D eigenvalue weighted by atomic mass is 10.2. The van der Waals surface area contributed by atoms with Crippen LogP contribution >= 0.6 is 27.5 Å². The van der Waals surface area contributed by atoms with Crippen LogP contribution in [-0.2, 0) is 0 Å². The molecule has 0 fully saturated rings. The number of benzene rings is 1. The van der Waals surface area contributed by atoms with Gasteiger partial charge in [-0.1, -0.05) is 11.6 Å². The maximum atomic E-state index is 5.85. The Labute approximate surface area is 111 Å². The summed E-state index contributed by atoms with van der Waals surface area (Å²) in [6, 6.07) is 7.51. The number of nitrogens with one attached hydrogen (secondary N) is 1. The van der Waals surface area contributed by atoms with Gasteiger partial charge in [-0.2, -0.15) is 4.98 Å². The first-order valence-corrected chi connectivity index (χ1v) is 6.19. The molecule has 0 unspecified atom stereocenters. The highest BCUT2D eigenvalue weighted by Crippen LogP contribution is 2.22. The summed E-state index contributed by atoms with van der Waals surface area (Å²) in [4.78, 5) is 8.74. The number of fused-ring (bicyclic) bond motifs is 1. The van der Waals surface area contributed by atoms with Gasteiger partial charge in [0.1, 0.15) is 4.60 Å². The molecule has 0 radical (unpaired) electrons. The van der Waals surface area contributed by atoms with Gasteiger partial charge in [0.25, 0.3) is 5.78 Å². The number of nitrogens with zero attached hydrogens (tertiary/aromatic N) is 3. The van der Waals surface area contributed by atoms with E-state index in [1.165, 1.54) is 0 Å². The van der Waals surface area contributed by atoms with Crippen LogP contribution < -0.4 is 0 Å². The highest BCUT2D eigenvalue weighted by molar-refractivity contribution is 9.10. The topological polar surface area (TPSA) is 46.0 Å². The lowest BCUT2D eigenvalue weighted by Crippen LogP contribution is -1.85. The maximum Gasteiger partial charge on any atom is 0.252 e. The zero-order chi connectivity index (χ0) is 12.0. The minimum Gasteiger partial charge on any atom is -0.273 e. The number of hydrogen-bond donors (Lipinski definition) is 1. The molecule has 4 nitrogen and oxygen atoms in total. The van der Waals surface area contributed by atoms with Gasteiger partial charge in [-0.15, -0.1) is 0 Å². The Bertz CT molecular complexity index is 683. The van der Waals surface area contributed by atoms with E-state index in [-0.39, 0.29) is 0 Å². The molecule has 0 aliphatic heterocycles. The summed E-state index contributed by atoms with van der Waals surface area (Å²) in [6.07, 6.45) is 0. The number of halogens is 2. The Morgan fingerprint density at radius 3 is 2.59 bits per heavy atom. The molecular weight excluding hydrogens is 304 g/mol. The Morgan fingerprint density at radius 1 is 1.24 bits per heavy atom. The van der Waals surface area contributed by atoms with E-state index in [0.717, 1.165) is 21.7 Å². The van der Waals surface area contributed by atoms with E-state index in [9.17, 15) is 0 Å². The summed E-state index contributed by atoms with van der Waals surface area (Å²) in [5.41, 5.74) is 1.89. The minimum absolute atomic E-state index is 0.652. The molecule has 0 aliphatic rings. The molecule has 0 saturated heterocycles. The van der Waals surface area contributed by atoms with Crippen molar-refractivity contribution in [3.05, 3.63) is 39.6 Å². The summed E-state index contributed by atoms with van der Waals surface area (Å²) in [7, 11) is 0. The van der Waals surface area contributed by atoms with Crippen LogP contribution in [0.1, 0.15) is 5.69 Å². The second-order valence-electron chi connectivity index (χ2n) is 3.70. The van der Waals surface area contributed by atoms with Crippen LogP contribution in [0.5, 0.6) is 0 Å². The number of rotatable bonds is 1. The third-order valence-corrected chi connectivity index (χ3v) is 3.69. The van der Waals surface area contributed by atoms with Gasteiger partial charge in [-0.05, 0) is 47.1 Å².